The van der Waals surface area contributed by atoms with Gasteiger partial charge in [-0.1, -0.05) is 32.0 Å². The number of hydrogen-bond donors (Lipinski definition) is 1. The van der Waals surface area contributed by atoms with Gasteiger partial charge in [0.2, 0.25) is 0 Å². The van der Waals surface area contributed by atoms with Gasteiger partial charge >= 0.3 is 0 Å². The number of carbonyl (C=O) groups is 1. The summed E-state index contributed by atoms with van der Waals surface area (Å²) in [6.45, 7) is 8.67. The summed E-state index contributed by atoms with van der Waals surface area (Å²) in [4.78, 5) is 14.6. The highest BCUT2D eigenvalue weighted by atomic mass is 16.2. The molecule has 2 N–H and O–H groups in total. The van der Waals surface area contributed by atoms with Gasteiger partial charge in [-0.3, -0.25) is 4.79 Å². The van der Waals surface area contributed by atoms with Crippen molar-refractivity contribution in [3.63, 3.8) is 0 Å². The molecule has 2 rings (SSSR count). The maximum Gasteiger partial charge on any atom is 0.257 e. The minimum Gasteiger partial charge on any atom is -0.342 e. The summed E-state index contributed by atoms with van der Waals surface area (Å²) in [7, 11) is 1.83. The van der Waals surface area contributed by atoms with Gasteiger partial charge in [0.15, 0.2) is 0 Å². The number of benzene rings is 1. The van der Waals surface area contributed by atoms with Gasteiger partial charge in [0.25, 0.3) is 5.91 Å². The monoisotopic (exact) mass is 328 g/mol. The van der Waals surface area contributed by atoms with Gasteiger partial charge in [0.1, 0.15) is 0 Å². The van der Waals surface area contributed by atoms with Crippen LogP contribution in [0.3, 0.4) is 0 Å². The Hall–Kier alpha value is -2.14. The smallest absolute Gasteiger partial charge is 0.257 e. The Kier molecular flexibility index (Phi) is 5.78. The number of hydrogen-bond acceptors (Lipinski definition) is 3. The summed E-state index contributed by atoms with van der Waals surface area (Å²) >= 11 is 0. The number of rotatable bonds is 6. The highest BCUT2D eigenvalue weighted by molar-refractivity contribution is 5.96. The van der Waals surface area contributed by atoms with Gasteiger partial charge in [-0.2, -0.15) is 5.10 Å². The molecular weight excluding hydrogens is 300 g/mol. The van der Waals surface area contributed by atoms with Crippen molar-refractivity contribution in [1.29, 1.82) is 0 Å². The number of aromatic nitrogens is 2. The molecule has 0 fully saturated rings. The Morgan fingerprint density at radius 1 is 1.25 bits per heavy atom. The second-order valence-corrected chi connectivity index (χ2v) is 6.72. The van der Waals surface area contributed by atoms with E-state index < -0.39 is 0 Å². The van der Waals surface area contributed by atoms with E-state index in [0.717, 1.165) is 23.5 Å². The normalized spacial score (nSPS) is 12.5. The van der Waals surface area contributed by atoms with E-state index in [0.29, 0.717) is 18.0 Å². The van der Waals surface area contributed by atoms with Gasteiger partial charge in [-0.15, -0.1) is 0 Å². The molecule has 1 aromatic heterocycles. The van der Waals surface area contributed by atoms with Gasteiger partial charge in [-0.25, -0.2) is 4.68 Å². The van der Waals surface area contributed by atoms with Crippen molar-refractivity contribution < 1.29 is 4.79 Å². The number of amides is 1. The van der Waals surface area contributed by atoms with Crippen molar-refractivity contribution in [1.82, 2.24) is 14.7 Å². The summed E-state index contributed by atoms with van der Waals surface area (Å²) < 4.78 is 1.83. The Balaban J connectivity index is 2.20. The zero-order valence-corrected chi connectivity index (χ0v) is 15.3. The highest BCUT2D eigenvalue weighted by Gasteiger charge is 2.22. The van der Waals surface area contributed by atoms with E-state index in [2.05, 4.69) is 18.9 Å². The topological polar surface area (TPSA) is 64.2 Å². The second kappa shape index (κ2) is 7.62. The Morgan fingerprint density at radius 3 is 2.46 bits per heavy atom. The summed E-state index contributed by atoms with van der Waals surface area (Å²) in [6, 6.07) is 9.97. The maximum atomic E-state index is 12.8. The molecule has 1 amide bonds. The van der Waals surface area contributed by atoms with E-state index >= 15 is 0 Å². The lowest BCUT2D eigenvalue weighted by Crippen LogP contribution is -2.35. The highest BCUT2D eigenvalue weighted by Crippen LogP contribution is 2.19. The first-order chi connectivity index (χ1) is 11.3. The predicted octanol–water partition coefficient (Wildman–Crippen LogP) is 2.93. The van der Waals surface area contributed by atoms with Crippen LogP contribution in [0, 0.1) is 19.8 Å². The van der Waals surface area contributed by atoms with E-state index in [1.54, 1.807) is 4.90 Å². The minimum absolute atomic E-state index is 0.00290. The largest absolute Gasteiger partial charge is 0.342 e. The van der Waals surface area contributed by atoms with Crippen molar-refractivity contribution in [3.05, 3.63) is 47.3 Å². The average molecular weight is 328 g/mol. The summed E-state index contributed by atoms with van der Waals surface area (Å²) in [6.07, 6.45) is 0.796. The van der Waals surface area contributed by atoms with Crippen LogP contribution in [-0.4, -0.2) is 40.2 Å². The molecule has 0 aliphatic rings. The number of aryl methyl sites for hydroxylation is 1. The summed E-state index contributed by atoms with van der Waals surface area (Å²) in [5, 5.41) is 4.55. The third kappa shape index (κ3) is 3.85. The molecule has 0 saturated carbocycles. The van der Waals surface area contributed by atoms with E-state index in [1.165, 1.54) is 0 Å². The third-order valence-corrected chi connectivity index (χ3v) is 4.51. The van der Waals surface area contributed by atoms with Gasteiger partial charge in [-0.05, 0) is 38.3 Å². The molecule has 24 heavy (non-hydrogen) atoms. The van der Waals surface area contributed by atoms with Crippen LogP contribution >= 0.6 is 0 Å². The van der Waals surface area contributed by atoms with E-state index in [1.807, 2.05) is 55.9 Å². The molecule has 1 atom stereocenters. The van der Waals surface area contributed by atoms with Crippen LogP contribution in [-0.2, 0) is 0 Å². The van der Waals surface area contributed by atoms with Crippen molar-refractivity contribution in [2.45, 2.75) is 40.2 Å². The molecule has 2 aromatic rings. The molecular formula is C19H28N4O. The lowest BCUT2D eigenvalue weighted by Gasteiger charge is -2.21. The van der Waals surface area contributed by atoms with Gasteiger partial charge < -0.3 is 10.6 Å². The van der Waals surface area contributed by atoms with E-state index in [9.17, 15) is 4.79 Å². The lowest BCUT2D eigenvalue weighted by atomic mass is 10.0. The fourth-order valence-electron chi connectivity index (χ4n) is 2.74. The molecule has 5 nitrogen and oxygen atoms in total. The van der Waals surface area contributed by atoms with Crippen LogP contribution < -0.4 is 5.73 Å². The number of para-hydroxylation sites is 1. The number of nitrogens with two attached hydrogens (primary N) is 1. The van der Waals surface area contributed by atoms with Crippen LogP contribution in [0.15, 0.2) is 30.3 Å². The fourth-order valence-corrected chi connectivity index (χ4v) is 2.74. The Morgan fingerprint density at radius 2 is 1.88 bits per heavy atom. The Labute approximate surface area is 144 Å². The minimum atomic E-state index is 0.00290. The SMILES string of the molecule is Cc1nn(-c2ccccc2)c(C)c1C(=O)N(C)CCC(N)C(C)C. The molecule has 0 aliphatic carbocycles. The first-order valence-electron chi connectivity index (χ1n) is 8.45. The number of carbonyl (C=O) groups excluding carboxylic acids is 1. The molecule has 1 unspecified atom stereocenters. The fraction of sp³-hybridized carbons (Fsp3) is 0.474. The zero-order valence-electron chi connectivity index (χ0n) is 15.3. The third-order valence-electron chi connectivity index (χ3n) is 4.51. The molecule has 0 aliphatic heterocycles. The molecule has 0 spiro atoms. The zero-order chi connectivity index (χ0) is 17.9. The maximum absolute atomic E-state index is 12.8. The van der Waals surface area contributed by atoms with E-state index in [-0.39, 0.29) is 11.9 Å². The van der Waals surface area contributed by atoms with Crippen LogP contribution in [0.1, 0.15) is 42.0 Å². The Bertz CT molecular complexity index is 691. The first kappa shape index (κ1) is 18.2. The molecule has 130 valence electrons. The molecule has 1 aromatic carbocycles. The van der Waals surface area contributed by atoms with Crippen LogP contribution in [0.4, 0.5) is 0 Å². The molecule has 0 radical (unpaired) electrons. The average Bonchev–Trinajstić information content (AvgIpc) is 2.86. The molecule has 1 heterocycles. The quantitative estimate of drug-likeness (QED) is 0.887. The van der Waals surface area contributed by atoms with Crippen LogP contribution in [0.25, 0.3) is 5.69 Å². The summed E-state index contributed by atoms with van der Waals surface area (Å²) in [5.74, 6) is 0.418. The first-order valence-corrected chi connectivity index (χ1v) is 8.45. The van der Waals surface area contributed by atoms with Crippen molar-refractivity contribution in [2.24, 2.45) is 11.7 Å². The van der Waals surface area contributed by atoms with Crippen molar-refractivity contribution in [2.75, 3.05) is 13.6 Å². The molecule has 0 saturated heterocycles. The second-order valence-electron chi connectivity index (χ2n) is 6.72. The van der Waals surface area contributed by atoms with Crippen LogP contribution in [0.5, 0.6) is 0 Å². The molecule has 0 bridgehead atoms. The van der Waals surface area contributed by atoms with Crippen LogP contribution in [0.2, 0.25) is 0 Å². The molecule has 5 heteroatoms. The van der Waals surface area contributed by atoms with Gasteiger partial charge in [0.05, 0.1) is 22.6 Å². The number of nitrogens with zero attached hydrogens (tertiary/aromatic N) is 3. The van der Waals surface area contributed by atoms with Crippen molar-refractivity contribution >= 4 is 5.91 Å². The summed E-state index contributed by atoms with van der Waals surface area (Å²) in [5.41, 5.74) is 9.34. The van der Waals surface area contributed by atoms with Gasteiger partial charge in [0, 0.05) is 19.6 Å². The van der Waals surface area contributed by atoms with Crippen molar-refractivity contribution in [3.8, 4) is 5.69 Å². The standard InChI is InChI=1S/C19H28N4O/c1-13(2)17(20)11-12-22(5)19(24)18-14(3)21-23(15(18)4)16-9-7-6-8-10-16/h6-10,13,17H,11-12,20H2,1-5H3. The van der Waals surface area contributed by atoms with E-state index in [4.69, 9.17) is 5.73 Å². The lowest BCUT2D eigenvalue weighted by molar-refractivity contribution is 0.0787. The predicted molar refractivity (Wildman–Crippen MR) is 97.4 cm³/mol.